The molecule has 2 heterocycles. The first kappa shape index (κ1) is 11.5. The lowest BCUT2D eigenvalue weighted by Crippen LogP contribution is -1.86. The van der Waals surface area contributed by atoms with E-state index in [2.05, 4.69) is 15.9 Å². The number of hydrogen-bond acceptors (Lipinski definition) is 1. The second-order valence-corrected chi connectivity index (χ2v) is 4.26. The standard InChI is InChI=1S/C16H11FN2/c1-2-11-7-14-15(10-19-16(14)18-9-11)13-6-4-3-5-12(13)8-17/h1,3-7,9-10H,8H2,(H,18,19). The highest BCUT2D eigenvalue weighted by Gasteiger charge is 2.10. The highest BCUT2D eigenvalue weighted by Crippen LogP contribution is 2.31. The van der Waals surface area contributed by atoms with Crippen molar-refractivity contribution in [1.29, 1.82) is 0 Å². The summed E-state index contributed by atoms with van der Waals surface area (Å²) in [6.07, 6.45) is 8.88. The number of pyridine rings is 1. The van der Waals surface area contributed by atoms with E-state index in [1.165, 1.54) is 0 Å². The molecular weight excluding hydrogens is 239 g/mol. The van der Waals surface area contributed by atoms with Crippen molar-refractivity contribution in [2.45, 2.75) is 6.67 Å². The minimum Gasteiger partial charge on any atom is -0.346 e. The lowest BCUT2D eigenvalue weighted by atomic mass is 10.00. The molecule has 1 N–H and O–H groups in total. The number of hydrogen-bond donors (Lipinski definition) is 1. The molecule has 3 heteroatoms. The zero-order valence-corrected chi connectivity index (χ0v) is 10.2. The molecule has 0 spiro atoms. The van der Waals surface area contributed by atoms with Crippen LogP contribution in [0, 0.1) is 12.3 Å². The van der Waals surface area contributed by atoms with Gasteiger partial charge in [0.25, 0.3) is 0 Å². The maximum atomic E-state index is 13.1. The summed E-state index contributed by atoms with van der Waals surface area (Å²) in [5.41, 5.74) is 3.92. The third-order valence-electron chi connectivity index (χ3n) is 3.15. The van der Waals surface area contributed by atoms with E-state index in [-0.39, 0.29) is 0 Å². The predicted octanol–water partition coefficient (Wildman–Crippen LogP) is 3.68. The first-order valence-corrected chi connectivity index (χ1v) is 5.91. The van der Waals surface area contributed by atoms with Crippen LogP contribution in [0.4, 0.5) is 4.39 Å². The Morgan fingerprint density at radius 2 is 2.11 bits per heavy atom. The maximum Gasteiger partial charge on any atom is 0.137 e. The Balaban J connectivity index is 2.28. The van der Waals surface area contributed by atoms with Gasteiger partial charge in [-0.3, -0.25) is 0 Å². The van der Waals surface area contributed by atoms with Crippen LogP contribution in [0.5, 0.6) is 0 Å². The Labute approximate surface area is 110 Å². The van der Waals surface area contributed by atoms with Crippen LogP contribution in [-0.4, -0.2) is 9.97 Å². The van der Waals surface area contributed by atoms with Crippen molar-refractivity contribution >= 4 is 11.0 Å². The number of benzene rings is 1. The SMILES string of the molecule is C#Cc1cnc2[nH]cc(-c3ccccc3CF)c2c1. The quantitative estimate of drug-likeness (QED) is 0.690. The summed E-state index contributed by atoms with van der Waals surface area (Å²) in [6.45, 7) is -0.495. The van der Waals surface area contributed by atoms with Gasteiger partial charge in [0.05, 0.1) is 0 Å². The summed E-state index contributed by atoms with van der Waals surface area (Å²) in [6, 6.07) is 9.31. The Morgan fingerprint density at radius 3 is 2.89 bits per heavy atom. The van der Waals surface area contributed by atoms with E-state index >= 15 is 0 Å². The van der Waals surface area contributed by atoms with Gasteiger partial charge >= 0.3 is 0 Å². The summed E-state index contributed by atoms with van der Waals surface area (Å²) in [4.78, 5) is 7.35. The lowest BCUT2D eigenvalue weighted by Gasteiger charge is -2.05. The molecule has 0 saturated carbocycles. The van der Waals surface area contributed by atoms with Crippen molar-refractivity contribution in [1.82, 2.24) is 9.97 Å². The number of aromatic amines is 1. The van der Waals surface area contributed by atoms with Crippen molar-refractivity contribution in [2.24, 2.45) is 0 Å². The molecule has 0 aliphatic rings. The minimum absolute atomic E-state index is 0.495. The number of alkyl halides is 1. The molecule has 0 radical (unpaired) electrons. The number of fused-ring (bicyclic) bond motifs is 1. The Hall–Kier alpha value is -2.60. The first-order chi connectivity index (χ1) is 9.33. The van der Waals surface area contributed by atoms with Crippen molar-refractivity contribution in [2.75, 3.05) is 0 Å². The van der Waals surface area contributed by atoms with E-state index in [0.717, 1.165) is 22.2 Å². The van der Waals surface area contributed by atoms with Crippen LogP contribution in [0.3, 0.4) is 0 Å². The molecule has 19 heavy (non-hydrogen) atoms. The van der Waals surface area contributed by atoms with Gasteiger partial charge in [0.1, 0.15) is 12.3 Å². The molecule has 3 aromatic rings. The van der Waals surface area contributed by atoms with Gasteiger partial charge in [-0.05, 0) is 17.2 Å². The number of nitrogens with zero attached hydrogens (tertiary/aromatic N) is 1. The largest absolute Gasteiger partial charge is 0.346 e. The van der Waals surface area contributed by atoms with Crippen LogP contribution in [0.15, 0.2) is 42.7 Å². The van der Waals surface area contributed by atoms with Gasteiger partial charge in [-0.1, -0.05) is 30.2 Å². The molecule has 0 amide bonds. The topological polar surface area (TPSA) is 28.7 Å². The number of rotatable bonds is 2. The van der Waals surface area contributed by atoms with E-state index < -0.39 is 6.67 Å². The normalized spacial score (nSPS) is 10.5. The zero-order chi connectivity index (χ0) is 13.2. The Bertz CT molecular complexity index is 781. The molecule has 0 bridgehead atoms. The summed E-state index contributed by atoms with van der Waals surface area (Å²) in [5, 5.41) is 0.913. The number of terminal acetylenes is 1. The van der Waals surface area contributed by atoms with Crippen molar-refractivity contribution in [3.05, 3.63) is 53.9 Å². The summed E-state index contributed by atoms with van der Waals surface area (Å²) >= 11 is 0. The first-order valence-electron chi connectivity index (χ1n) is 5.91. The maximum absolute atomic E-state index is 13.1. The molecule has 2 nitrogen and oxygen atoms in total. The number of nitrogens with one attached hydrogen (secondary N) is 1. The monoisotopic (exact) mass is 250 g/mol. The fourth-order valence-corrected chi connectivity index (χ4v) is 2.20. The van der Waals surface area contributed by atoms with Gasteiger partial charge < -0.3 is 4.98 Å². The molecule has 0 aliphatic carbocycles. The molecule has 92 valence electrons. The third kappa shape index (κ3) is 1.88. The second-order valence-electron chi connectivity index (χ2n) is 4.26. The highest BCUT2D eigenvalue weighted by atomic mass is 19.1. The van der Waals surface area contributed by atoms with Gasteiger partial charge in [0, 0.05) is 28.9 Å². The smallest absolute Gasteiger partial charge is 0.137 e. The van der Waals surface area contributed by atoms with Crippen LogP contribution >= 0.6 is 0 Å². The van der Waals surface area contributed by atoms with Crippen molar-refractivity contribution in [3.8, 4) is 23.5 Å². The molecule has 0 atom stereocenters. The summed E-state index contributed by atoms with van der Waals surface area (Å²) < 4.78 is 13.1. The second kappa shape index (κ2) is 4.58. The average Bonchev–Trinajstić information content (AvgIpc) is 2.89. The predicted molar refractivity (Wildman–Crippen MR) is 74.3 cm³/mol. The third-order valence-corrected chi connectivity index (χ3v) is 3.15. The van der Waals surface area contributed by atoms with Gasteiger partial charge in [-0.15, -0.1) is 6.42 Å². The molecule has 0 saturated heterocycles. The van der Waals surface area contributed by atoms with Crippen LogP contribution in [0.25, 0.3) is 22.2 Å². The lowest BCUT2D eigenvalue weighted by molar-refractivity contribution is 0.486. The number of aromatic nitrogens is 2. The molecule has 0 fully saturated rings. The molecule has 1 aromatic carbocycles. The number of H-pyrrole nitrogens is 1. The van der Waals surface area contributed by atoms with E-state index in [1.54, 1.807) is 12.3 Å². The Kier molecular flexibility index (Phi) is 2.77. The van der Waals surface area contributed by atoms with E-state index in [1.807, 2.05) is 30.5 Å². The fourth-order valence-electron chi connectivity index (χ4n) is 2.20. The molecule has 2 aromatic heterocycles. The fraction of sp³-hybridized carbons (Fsp3) is 0.0625. The van der Waals surface area contributed by atoms with Crippen LogP contribution in [0.2, 0.25) is 0 Å². The summed E-state index contributed by atoms with van der Waals surface area (Å²) in [5.74, 6) is 2.57. The zero-order valence-electron chi connectivity index (χ0n) is 10.2. The van der Waals surface area contributed by atoms with Crippen molar-refractivity contribution < 1.29 is 4.39 Å². The van der Waals surface area contributed by atoms with Crippen LogP contribution < -0.4 is 0 Å². The molecule has 0 aliphatic heterocycles. The molecule has 0 unspecified atom stereocenters. The number of halogens is 1. The Morgan fingerprint density at radius 1 is 1.26 bits per heavy atom. The van der Waals surface area contributed by atoms with E-state index in [4.69, 9.17) is 6.42 Å². The van der Waals surface area contributed by atoms with Crippen molar-refractivity contribution in [3.63, 3.8) is 0 Å². The van der Waals surface area contributed by atoms with Crippen LogP contribution in [0.1, 0.15) is 11.1 Å². The highest BCUT2D eigenvalue weighted by molar-refractivity contribution is 5.95. The van der Waals surface area contributed by atoms with Gasteiger partial charge in [-0.2, -0.15) is 0 Å². The molecular formula is C16H11FN2. The van der Waals surface area contributed by atoms with Crippen LogP contribution in [-0.2, 0) is 6.67 Å². The van der Waals surface area contributed by atoms with E-state index in [0.29, 0.717) is 11.1 Å². The average molecular weight is 250 g/mol. The minimum atomic E-state index is -0.495. The van der Waals surface area contributed by atoms with E-state index in [9.17, 15) is 4.39 Å². The summed E-state index contributed by atoms with van der Waals surface area (Å²) in [7, 11) is 0. The van der Waals surface area contributed by atoms with Gasteiger partial charge in [-0.25, -0.2) is 9.37 Å². The van der Waals surface area contributed by atoms with Gasteiger partial charge in [0.15, 0.2) is 0 Å². The van der Waals surface area contributed by atoms with Gasteiger partial charge in [0.2, 0.25) is 0 Å². The molecule has 3 rings (SSSR count).